The largest absolute Gasteiger partial charge is 0.343 e. The molecule has 1 unspecified atom stereocenters. The molecular formula is C15H23N3O. The molecule has 0 radical (unpaired) electrons. The molecule has 0 spiro atoms. The molecule has 1 N–H and O–H groups in total. The fourth-order valence-corrected chi connectivity index (χ4v) is 2.55. The van der Waals surface area contributed by atoms with E-state index in [0.717, 1.165) is 44.5 Å². The van der Waals surface area contributed by atoms with Crippen molar-refractivity contribution in [1.82, 2.24) is 15.2 Å². The Bertz CT molecular complexity index is 386. The summed E-state index contributed by atoms with van der Waals surface area (Å²) >= 11 is 0. The molecule has 0 aromatic carbocycles. The van der Waals surface area contributed by atoms with Gasteiger partial charge in [0.2, 0.25) is 5.91 Å². The van der Waals surface area contributed by atoms with Gasteiger partial charge in [0.1, 0.15) is 0 Å². The van der Waals surface area contributed by atoms with Crippen LogP contribution >= 0.6 is 0 Å². The predicted octanol–water partition coefficient (Wildman–Crippen LogP) is 1.61. The van der Waals surface area contributed by atoms with Crippen LogP contribution in [-0.4, -0.2) is 42.0 Å². The summed E-state index contributed by atoms with van der Waals surface area (Å²) in [4.78, 5) is 18.4. The third kappa shape index (κ3) is 4.31. The minimum atomic E-state index is 0.234. The molecule has 2 rings (SSSR count). The van der Waals surface area contributed by atoms with Crippen molar-refractivity contribution in [2.75, 3.05) is 20.1 Å². The highest BCUT2D eigenvalue weighted by Crippen LogP contribution is 2.13. The summed E-state index contributed by atoms with van der Waals surface area (Å²) in [5.41, 5.74) is 0.992. The van der Waals surface area contributed by atoms with Gasteiger partial charge in [0, 0.05) is 31.4 Å². The van der Waals surface area contributed by atoms with Crippen LogP contribution in [0.25, 0.3) is 0 Å². The second-order valence-electron chi connectivity index (χ2n) is 5.16. The maximum Gasteiger partial charge on any atom is 0.222 e. The first-order chi connectivity index (χ1) is 9.27. The lowest BCUT2D eigenvalue weighted by molar-refractivity contribution is -0.132. The molecule has 19 heavy (non-hydrogen) atoms. The summed E-state index contributed by atoms with van der Waals surface area (Å²) in [7, 11) is 1.94. The lowest BCUT2D eigenvalue weighted by atomic mass is 10.1. The normalized spacial score (nSPS) is 19.7. The number of rotatable bonds is 4. The maximum atomic E-state index is 12.2. The first-order valence-corrected chi connectivity index (χ1v) is 7.13. The van der Waals surface area contributed by atoms with Gasteiger partial charge in [-0.25, -0.2) is 0 Å². The Morgan fingerprint density at radius 3 is 3.11 bits per heavy atom. The maximum absolute atomic E-state index is 12.2. The second kappa shape index (κ2) is 7.24. The second-order valence-corrected chi connectivity index (χ2v) is 5.16. The van der Waals surface area contributed by atoms with E-state index in [0.29, 0.717) is 12.5 Å². The molecule has 1 atom stereocenters. The molecule has 1 aliphatic heterocycles. The van der Waals surface area contributed by atoms with Crippen molar-refractivity contribution in [1.29, 1.82) is 0 Å². The highest BCUT2D eigenvalue weighted by atomic mass is 16.2. The van der Waals surface area contributed by atoms with E-state index in [4.69, 9.17) is 0 Å². The zero-order chi connectivity index (χ0) is 13.5. The first kappa shape index (κ1) is 14.0. The van der Waals surface area contributed by atoms with Crippen molar-refractivity contribution in [3.05, 3.63) is 30.1 Å². The Labute approximate surface area is 115 Å². The minimum absolute atomic E-state index is 0.234. The Morgan fingerprint density at radius 1 is 1.42 bits per heavy atom. The van der Waals surface area contributed by atoms with Crippen LogP contribution in [0.1, 0.15) is 31.4 Å². The van der Waals surface area contributed by atoms with E-state index in [9.17, 15) is 4.79 Å². The Hall–Kier alpha value is -1.42. The van der Waals surface area contributed by atoms with E-state index in [-0.39, 0.29) is 5.91 Å². The lowest BCUT2D eigenvalue weighted by Gasteiger charge is -2.27. The summed E-state index contributed by atoms with van der Waals surface area (Å²) in [5, 5.41) is 3.38. The van der Waals surface area contributed by atoms with Gasteiger partial charge in [-0.3, -0.25) is 9.78 Å². The van der Waals surface area contributed by atoms with Gasteiger partial charge in [0.25, 0.3) is 0 Å². The van der Waals surface area contributed by atoms with Crippen molar-refractivity contribution >= 4 is 5.91 Å². The van der Waals surface area contributed by atoms with E-state index in [1.54, 1.807) is 6.20 Å². The van der Waals surface area contributed by atoms with Gasteiger partial charge in [0.05, 0.1) is 0 Å². The number of nitrogens with one attached hydrogen (secondary N) is 1. The molecule has 4 heteroatoms. The van der Waals surface area contributed by atoms with Crippen LogP contribution < -0.4 is 5.32 Å². The van der Waals surface area contributed by atoms with E-state index in [1.165, 1.54) is 0 Å². The van der Waals surface area contributed by atoms with Crippen molar-refractivity contribution in [2.24, 2.45) is 0 Å². The molecule has 1 aliphatic rings. The summed E-state index contributed by atoms with van der Waals surface area (Å²) in [6.07, 6.45) is 6.39. The zero-order valence-electron chi connectivity index (χ0n) is 11.6. The topological polar surface area (TPSA) is 45.2 Å². The van der Waals surface area contributed by atoms with E-state index in [1.807, 2.05) is 30.1 Å². The standard InChI is InChI=1S/C15H23N3O/c1-18(14-6-4-10-16-12-9-14)15(19)8-7-13-5-2-3-11-17-13/h2-3,5,11,14,16H,4,6-10,12H2,1H3. The molecule has 1 amide bonds. The molecule has 0 aliphatic carbocycles. The van der Waals surface area contributed by atoms with Crippen LogP contribution in [0.4, 0.5) is 0 Å². The van der Waals surface area contributed by atoms with E-state index >= 15 is 0 Å². The third-order valence-electron chi connectivity index (χ3n) is 3.81. The van der Waals surface area contributed by atoms with Gasteiger partial charge < -0.3 is 10.2 Å². The van der Waals surface area contributed by atoms with Crippen LogP contribution in [0, 0.1) is 0 Å². The van der Waals surface area contributed by atoms with Gasteiger partial charge in [0.15, 0.2) is 0 Å². The molecule has 1 aromatic heterocycles. The van der Waals surface area contributed by atoms with Gasteiger partial charge in [-0.1, -0.05) is 6.07 Å². The summed E-state index contributed by atoms with van der Waals surface area (Å²) in [5.74, 6) is 0.234. The van der Waals surface area contributed by atoms with Crippen LogP contribution in [0.3, 0.4) is 0 Å². The van der Waals surface area contributed by atoms with Gasteiger partial charge in [-0.15, -0.1) is 0 Å². The number of amides is 1. The predicted molar refractivity (Wildman–Crippen MR) is 75.8 cm³/mol. The number of carbonyl (C=O) groups excluding carboxylic acids is 1. The minimum Gasteiger partial charge on any atom is -0.343 e. The Kier molecular flexibility index (Phi) is 5.33. The molecule has 104 valence electrons. The number of aryl methyl sites for hydroxylation is 1. The van der Waals surface area contributed by atoms with Gasteiger partial charge >= 0.3 is 0 Å². The fraction of sp³-hybridized carbons (Fsp3) is 0.600. The molecule has 0 bridgehead atoms. The van der Waals surface area contributed by atoms with Crippen molar-refractivity contribution in [3.63, 3.8) is 0 Å². The number of pyridine rings is 1. The van der Waals surface area contributed by atoms with Crippen molar-refractivity contribution in [2.45, 2.75) is 38.1 Å². The van der Waals surface area contributed by atoms with E-state index in [2.05, 4.69) is 10.3 Å². The smallest absolute Gasteiger partial charge is 0.222 e. The molecule has 1 fully saturated rings. The number of carbonyl (C=O) groups is 1. The number of nitrogens with zero attached hydrogens (tertiary/aromatic N) is 2. The monoisotopic (exact) mass is 261 g/mol. The molecule has 1 aromatic rings. The van der Waals surface area contributed by atoms with Crippen LogP contribution in [-0.2, 0) is 11.2 Å². The molecule has 1 saturated heterocycles. The van der Waals surface area contributed by atoms with Crippen molar-refractivity contribution < 1.29 is 4.79 Å². The summed E-state index contributed by atoms with van der Waals surface area (Å²) in [6.45, 7) is 2.09. The SMILES string of the molecule is CN(C(=O)CCc1ccccn1)C1CCCNCC1. The van der Waals surface area contributed by atoms with Crippen LogP contribution in [0.5, 0.6) is 0 Å². The van der Waals surface area contributed by atoms with Crippen LogP contribution in [0.2, 0.25) is 0 Å². The van der Waals surface area contributed by atoms with Gasteiger partial charge in [-0.05, 0) is 50.9 Å². The highest BCUT2D eigenvalue weighted by Gasteiger charge is 2.20. The highest BCUT2D eigenvalue weighted by molar-refractivity contribution is 5.76. The molecular weight excluding hydrogens is 238 g/mol. The van der Waals surface area contributed by atoms with Crippen molar-refractivity contribution in [3.8, 4) is 0 Å². The van der Waals surface area contributed by atoms with E-state index < -0.39 is 0 Å². The summed E-state index contributed by atoms with van der Waals surface area (Å²) < 4.78 is 0. The number of aromatic nitrogens is 1. The first-order valence-electron chi connectivity index (χ1n) is 7.13. The number of hydrogen-bond acceptors (Lipinski definition) is 3. The van der Waals surface area contributed by atoms with Crippen LogP contribution in [0.15, 0.2) is 24.4 Å². The zero-order valence-corrected chi connectivity index (χ0v) is 11.6. The Morgan fingerprint density at radius 2 is 2.32 bits per heavy atom. The number of hydrogen-bond donors (Lipinski definition) is 1. The summed E-state index contributed by atoms with van der Waals surface area (Å²) in [6, 6.07) is 6.23. The molecule has 0 saturated carbocycles. The quantitative estimate of drug-likeness (QED) is 0.895. The third-order valence-corrected chi connectivity index (χ3v) is 3.81. The fourth-order valence-electron chi connectivity index (χ4n) is 2.55. The average molecular weight is 261 g/mol. The molecule has 2 heterocycles. The van der Waals surface area contributed by atoms with Gasteiger partial charge in [-0.2, -0.15) is 0 Å². The Balaban J connectivity index is 1.81. The molecule has 4 nitrogen and oxygen atoms in total. The lowest BCUT2D eigenvalue weighted by Crippen LogP contribution is -2.37. The average Bonchev–Trinajstić information content (AvgIpc) is 2.74.